The van der Waals surface area contributed by atoms with Gasteiger partial charge in [0.25, 0.3) is 11.8 Å². The van der Waals surface area contributed by atoms with Gasteiger partial charge in [-0.25, -0.2) is 18.8 Å². The van der Waals surface area contributed by atoms with E-state index < -0.39 is 5.92 Å². The van der Waals surface area contributed by atoms with Crippen molar-refractivity contribution < 1.29 is 18.7 Å². The fraction of sp³-hybridized carbons (Fsp3) is 0.571. The third kappa shape index (κ3) is 10.4. The average molecular weight is 550 g/mol. The lowest BCUT2D eigenvalue weighted by Gasteiger charge is -2.31. The number of aliphatic hydroxyl groups is 1. The third-order valence-electron chi connectivity index (χ3n) is 6.58. The second-order valence-electron chi connectivity index (χ2n) is 9.73. The van der Waals surface area contributed by atoms with E-state index in [1.807, 2.05) is 13.1 Å². The molecule has 0 aromatic carbocycles. The molecule has 1 fully saturated rings. The van der Waals surface area contributed by atoms with Crippen molar-refractivity contribution in [3.05, 3.63) is 46.4 Å². The number of fused-ring (bicyclic) bond motifs is 1. The molecule has 1 aliphatic carbocycles. The van der Waals surface area contributed by atoms with E-state index >= 15 is 0 Å². The van der Waals surface area contributed by atoms with Gasteiger partial charge in [0, 0.05) is 44.4 Å². The van der Waals surface area contributed by atoms with Crippen molar-refractivity contribution in [3.63, 3.8) is 0 Å². The van der Waals surface area contributed by atoms with Crippen LogP contribution in [-0.2, 0) is 0 Å². The fourth-order valence-electron chi connectivity index (χ4n) is 4.66. The molecule has 7 nitrogen and oxygen atoms in total. The smallest absolute Gasteiger partial charge is 0.277 e. The van der Waals surface area contributed by atoms with E-state index in [1.54, 1.807) is 22.7 Å². The number of halogens is 2. The van der Waals surface area contributed by atoms with Crippen LogP contribution in [0.5, 0.6) is 0 Å². The van der Waals surface area contributed by atoms with Gasteiger partial charge in [-0.15, -0.1) is 11.8 Å². The number of hydrogen-bond acceptors (Lipinski definition) is 6. The Labute approximate surface area is 229 Å². The molecule has 38 heavy (non-hydrogen) atoms. The zero-order valence-electron chi connectivity index (χ0n) is 22.8. The van der Waals surface area contributed by atoms with Gasteiger partial charge in [-0.1, -0.05) is 32.1 Å². The van der Waals surface area contributed by atoms with Crippen LogP contribution in [0.3, 0.4) is 0 Å². The highest BCUT2D eigenvalue weighted by Gasteiger charge is 2.25. The summed E-state index contributed by atoms with van der Waals surface area (Å²) >= 11 is 1.25. The van der Waals surface area contributed by atoms with Gasteiger partial charge in [-0.05, 0) is 57.8 Å². The number of imidazole rings is 1. The van der Waals surface area contributed by atoms with Crippen molar-refractivity contribution in [2.45, 2.75) is 64.7 Å². The number of aliphatic imine (C=N–C) groups is 2. The molecule has 0 atom stereocenters. The molecule has 2 aromatic rings. The number of alkyl halides is 2. The molecule has 2 aliphatic rings. The second kappa shape index (κ2) is 15.9. The predicted octanol–water partition coefficient (Wildman–Crippen LogP) is 6.06. The van der Waals surface area contributed by atoms with Crippen molar-refractivity contribution in [2.24, 2.45) is 15.9 Å². The van der Waals surface area contributed by atoms with E-state index in [0.717, 1.165) is 67.9 Å². The molecule has 0 unspecified atom stereocenters. The molecule has 0 radical (unpaired) electrons. The Kier molecular flexibility index (Phi) is 13.3. The number of carbonyl (C=O) groups excluding carboxylic acids is 1. The minimum atomic E-state index is -2.62. The van der Waals surface area contributed by atoms with Gasteiger partial charge in [-0.2, -0.15) is 0 Å². The van der Waals surface area contributed by atoms with Crippen molar-refractivity contribution in [1.29, 1.82) is 0 Å². The van der Waals surface area contributed by atoms with Crippen LogP contribution < -0.4 is 0 Å². The zero-order valence-corrected chi connectivity index (χ0v) is 23.7. The Bertz CT molecular complexity index is 1090. The van der Waals surface area contributed by atoms with Gasteiger partial charge in [0.2, 0.25) is 0 Å². The first-order chi connectivity index (χ1) is 18.2. The summed E-state index contributed by atoms with van der Waals surface area (Å²) in [5.41, 5.74) is 3.17. The van der Waals surface area contributed by atoms with Crippen LogP contribution in [-0.4, -0.2) is 77.2 Å². The summed E-state index contributed by atoms with van der Waals surface area (Å²) in [7, 11) is 1.00. The minimum Gasteiger partial charge on any atom is -0.400 e. The van der Waals surface area contributed by atoms with Crippen LogP contribution in [0, 0.1) is 12.8 Å². The summed E-state index contributed by atoms with van der Waals surface area (Å²) in [5.74, 6) is -2.23. The number of amides is 1. The lowest BCUT2D eigenvalue weighted by molar-refractivity contribution is 0.0493. The van der Waals surface area contributed by atoms with Gasteiger partial charge in [0.1, 0.15) is 5.65 Å². The lowest BCUT2D eigenvalue weighted by atomic mass is 9.87. The highest BCUT2D eigenvalue weighted by molar-refractivity contribution is 8.03. The molecular formula is C28H41F2N5O2S. The first-order valence-corrected chi connectivity index (χ1v) is 14.0. The van der Waals surface area contributed by atoms with Crippen molar-refractivity contribution in [1.82, 2.24) is 14.3 Å². The van der Waals surface area contributed by atoms with Crippen LogP contribution in [0.15, 0.2) is 45.1 Å². The normalized spacial score (nSPS) is 16.8. The van der Waals surface area contributed by atoms with Gasteiger partial charge in [0.15, 0.2) is 0 Å². The Morgan fingerprint density at radius 1 is 1.21 bits per heavy atom. The van der Waals surface area contributed by atoms with E-state index in [0.29, 0.717) is 5.56 Å². The Hall–Kier alpha value is -2.43. The van der Waals surface area contributed by atoms with Crippen molar-refractivity contribution in [2.75, 3.05) is 32.5 Å². The average Bonchev–Trinajstić information content (AvgIpc) is 3.31. The molecule has 4 rings (SSSR count). The maximum Gasteiger partial charge on any atom is 0.277 e. The second-order valence-corrected chi connectivity index (χ2v) is 10.8. The van der Waals surface area contributed by atoms with Crippen LogP contribution in [0.2, 0.25) is 0 Å². The first-order valence-electron chi connectivity index (χ1n) is 13.0. The van der Waals surface area contributed by atoms with Crippen molar-refractivity contribution in [3.8, 4) is 0 Å². The summed E-state index contributed by atoms with van der Waals surface area (Å²) in [4.78, 5) is 26.3. The summed E-state index contributed by atoms with van der Waals surface area (Å²) in [6, 6.07) is 3.48. The number of nitrogens with zero attached hydrogens (tertiary/aromatic N) is 5. The zero-order chi connectivity index (χ0) is 28.1. The minimum absolute atomic E-state index is 0.163. The Morgan fingerprint density at radius 3 is 2.55 bits per heavy atom. The van der Waals surface area contributed by atoms with E-state index in [4.69, 9.17) is 5.11 Å². The largest absolute Gasteiger partial charge is 0.400 e. The molecule has 1 saturated carbocycles. The van der Waals surface area contributed by atoms with E-state index in [-0.39, 0.29) is 11.7 Å². The highest BCUT2D eigenvalue weighted by atomic mass is 32.2. The highest BCUT2D eigenvalue weighted by Crippen LogP contribution is 2.33. The maximum absolute atomic E-state index is 13.0. The van der Waals surface area contributed by atoms with E-state index in [2.05, 4.69) is 33.3 Å². The standard InChI is InChI=1S/C17H28F2N2S.C10H9N3O.CH4O/c1-17(18,19)13-22-16-9-11-21(12-15(16)20-2)10-8-14-6-4-3-5-7-14;1-7-5-13-6-8(10(14)11-2)3-4-9(13)12-7;1-2/h14H,2-13H2,1H3;3-6H,2H2,1H3;2H,1H3. The summed E-state index contributed by atoms with van der Waals surface area (Å²) in [5, 5.41) is 7.00. The molecular weight excluding hydrogens is 508 g/mol. The monoisotopic (exact) mass is 549 g/mol. The van der Waals surface area contributed by atoms with Crippen LogP contribution in [0.25, 0.3) is 5.65 Å². The Balaban J connectivity index is 0.000000272. The fourth-order valence-corrected chi connectivity index (χ4v) is 5.62. The molecule has 1 N–H and O–H groups in total. The summed E-state index contributed by atoms with van der Waals surface area (Å²) < 4.78 is 27.8. The molecule has 0 spiro atoms. The summed E-state index contributed by atoms with van der Waals surface area (Å²) in [6.07, 6.45) is 12.6. The SMILES string of the molecule is C=NC(=O)c1ccc2nc(C)cn2c1.C=NC1=C(SCC(C)(F)F)CCN(CCC2CCCCC2)C1.CO. The lowest BCUT2D eigenvalue weighted by Crippen LogP contribution is -2.33. The van der Waals surface area contributed by atoms with Crippen molar-refractivity contribution >= 4 is 36.8 Å². The van der Waals surface area contributed by atoms with Gasteiger partial charge < -0.3 is 9.51 Å². The van der Waals surface area contributed by atoms with E-state index in [9.17, 15) is 13.6 Å². The maximum atomic E-state index is 13.0. The molecule has 3 heterocycles. The number of rotatable bonds is 8. The van der Waals surface area contributed by atoms with Gasteiger partial charge >= 0.3 is 0 Å². The molecule has 0 bridgehead atoms. The third-order valence-corrected chi connectivity index (χ3v) is 8.02. The van der Waals surface area contributed by atoms with Crippen LogP contribution in [0.4, 0.5) is 8.78 Å². The number of hydrogen-bond donors (Lipinski definition) is 1. The number of aryl methyl sites for hydroxylation is 1. The molecule has 210 valence electrons. The first kappa shape index (κ1) is 31.8. The Morgan fingerprint density at radius 2 is 1.92 bits per heavy atom. The number of aromatic nitrogens is 2. The predicted molar refractivity (Wildman–Crippen MR) is 154 cm³/mol. The van der Waals surface area contributed by atoms with Gasteiger partial charge in [-0.3, -0.25) is 14.7 Å². The summed E-state index contributed by atoms with van der Waals surface area (Å²) in [6.45, 7) is 12.5. The van der Waals surface area contributed by atoms with Crippen LogP contribution in [0.1, 0.15) is 67.9 Å². The molecule has 1 amide bonds. The molecule has 10 heteroatoms. The number of thioether (sulfide) groups is 1. The number of pyridine rings is 1. The quantitative estimate of drug-likeness (QED) is 0.405. The molecule has 1 aliphatic heterocycles. The number of aliphatic hydroxyl groups excluding tert-OH is 1. The molecule has 2 aromatic heterocycles. The van der Waals surface area contributed by atoms with Gasteiger partial charge in [0.05, 0.1) is 22.7 Å². The van der Waals surface area contributed by atoms with E-state index in [1.165, 1.54) is 50.3 Å². The number of carbonyl (C=O) groups is 1. The van der Waals surface area contributed by atoms with Crippen LogP contribution >= 0.6 is 11.8 Å². The topological polar surface area (TPSA) is 82.6 Å². The molecule has 0 saturated heterocycles.